The Morgan fingerprint density at radius 3 is 2.29 bits per heavy atom. The predicted molar refractivity (Wildman–Crippen MR) is 79.6 cm³/mol. The van der Waals surface area contributed by atoms with Gasteiger partial charge in [-0.05, 0) is 23.6 Å². The van der Waals surface area contributed by atoms with Crippen LogP contribution >= 0.6 is 0 Å². The van der Waals surface area contributed by atoms with Crippen LogP contribution in [0.4, 0.5) is 9.18 Å². The van der Waals surface area contributed by atoms with Gasteiger partial charge < -0.3 is 10.6 Å². The third-order valence-electron chi connectivity index (χ3n) is 3.00. The molecule has 0 fully saturated rings. The van der Waals surface area contributed by atoms with E-state index in [1.54, 1.807) is 12.1 Å². The molecule has 112 valence electrons. The molecule has 2 N–H and O–H groups in total. The number of carbonyl (C=O) groups is 1. The van der Waals surface area contributed by atoms with Crippen molar-refractivity contribution in [2.24, 2.45) is 5.92 Å². The van der Waals surface area contributed by atoms with E-state index in [1.165, 1.54) is 12.1 Å². The lowest BCUT2D eigenvalue weighted by Gasteiger charge is -2.28. The Labute approximate surface area is 124 Å². The van der Waals surface area contributed by atoms with Gasteiger partial charge in [0, 0.05) is 5.70 Å². The molecule has 21 heavy (non-hydrogen) atoms. The number of hydrogen-bond donors (Lipinski definition) is 2. The molecule has 1 aromatic rings. The number of benzene rings is 1. The maximum absolute atomic E-state index is 12.9. The number of nitriles is 1. The first-order valence-corrected chi connectivity index (χ1v) is 7.00. The summed E-state index contributed by atoms with van der Waals surface area (Å²) >= 11 is 0. The highest BCUT2D eigenvalue weighted by atomic mass is 19.1. The Morgan fingerprint density at radius 2 is 1.81 bits per heavy atom. The molecule has 1 aliphatic rings. The van der Waals surface area contributed by atoms with Gasteiger partial charge in [0.05, 0.1) is 17.7 Å². The SMILES string of the molecule is CC.CC(C)C1=C(C#N)C(c2ccc(F)cc2)NC(=O)N1. The van der Waals surface area contributed by atoms with Gasteiger partial charge in [-0.2, -0.15) is 5.26 Å². The fourth-order valence-corrected chi connectivity index (χ4v) is 2.07. The monoisotopic (exact) mass is 289 g/mol. The first-order chi connectivity index (χ1) is 10.0. The van der Waals surface area contributed by atoms with E-state index in [0.29, 0.717) is 16.8 Å². The lowest BCUT2D eigenvalue weighted by molar-refractivity contribution is 0.237. The molecule has 1 atom stereocenters. The first-order valence-electron chi connectivity index (χ1n) is 7.00. The van der Waals surface area contributed by atoms with Gasteiger partial charge in [-0.3, -0.25) is 0 Å². The van der Waals surface area contributed by atoms with Crippen molar-refractivity contribution in [3.63, 3.8) is 0 Å². The number of urea groups is 1. The van der Waals surface area contributed by atoms with Crippen molar-refractivity contribution in [1.82, 2.24) is 10.6 Å². The van der Waals surface area contributed by atoms with Gasteiger partial charge in [0.15, 0.2) is 0 Å². The van der Waals surface area contributed by atoms with Crippen LogP contribution in [-0.2, 0) is 0 Å². The quantitative estimate of drug-likeness (QED) is 0.873. The Morgan fingerprint density at radius 1 is 1.24 bits per heavy atom. The lowest BCUT2D eigenvalue weighted by Crippen LogP contribution is -2.45. The number of carbonyl (C=O) groups excluding carboxylic acids is 1. The molecule has 1 aromatic carbocycles. The van der Waals surface area contributed by atoms with Crippen LogP contribution in [0.25, 0.3) is 0 Å². The molecule has 0 saturated carbocycles. The van der Waals surface area contributed by atoms with E-state index in [0.717, 1.165) is 0 Å². The average Bonchev–Trinajstić information content (AvgIpc) is 2.49. The third kappa shape index (κ3) is 3.82. The Kier molecular flexibility index (Phi) is 5.92. The molecule has 5 heteroatoms. The van der Waals surface area contributed by atoms with Crippen LogP contribution in [0.5, 0.6) is 0 Å². The minimum atomic E-state index is -0.531. The summed E-state index contributed by atoms with van der Waals surface area (Å²) < 4.78 is 12.9. The number of hydrogen-bond acceptors (Lipinski definition) is 2. The summed E-state index contributed by atoms with van der Waals surface area (Å²) in [7, 11) is 0. The third-order valence-corrected chi connectivity index (χ3v) is 3.00. The summed E-state index contributed by atoms with van der Waals surface area (Å²) in [4.78, 5) is 11.7. The van der Waals surface area contributed by atoms with Crippen molar-refractivity contribution in [2.45, 2.75) is 33.7 Å². The second-order valence-electron chi connectivity index (χ2n) is 4.68. The van der Waals surface area contributed by atoms with Crippen molar-refractivity contribution in [2.75, 3.05) is 0 Å². The molecule has 0 aromatic heterocycles. The number of amides is 2. The topological polar surface area (TPSA) is 64.9 Å². The summed E-state index contributed by atoms with van der Waals surface area (Å²) in [5.41, 5.74) is 1.76. The molecule has 0 bridgehead atoms. The van der Waals surface area contributed by atoms with Crippen molar-refractivity contribution in [3.05, 3.63) is 46.9 Å². The highest BCUT2D eigenvalue weighted by molar-refractivity contribution is 5.79. The molecule has 0 aliphatic carbocycles. The summed E-state index contributed by atoms with van der Waals surface area (Å²) in [6.07, 6.45) is 0. The van der Waals surface area contributed by atoms with Crippen LogP contribution in [0.15, 0.2) is 35.5 Å². The van der Waals surface area contributed by atoms with E-state index in [4.69, 9.17) is 0 Å². The van der Waals surface area contributed by atoms with Crippen molar-refractivity contribution in [1.29, 1.82) is 5.26 Å². The molecule has 2 rings (SSSR count). The zero-order valence-corrected chi connectivity index (χ0v) is 12.7. The molecular weight excluding hydrogens is 269 g/mol. The largest absolute Gasteiger partial charge is 0.326 e. The van der Waals surface area contributed by atoms with Gasteiger partial charge >= 0.3 is 6.03 Å². The molecule has 0 radical (unpaired) electrons. The van der Waals surface area contributed by atoms with Crippen LogP contribution < -0.4 is 10.6 Å². The van der Waals surface area contributed by atoms with Gasteiger partial charge in [0.25, 0.3) is 0 Å². The molecule has 4 nitrogen and oxygen atoms in total. The van der Waals surface area contributed by atoms with Gasteiger partial charge in [-0.1, -0.05) is 39.8 Å². The van der Waals surface area contributed by atoms with Crippen molar-refractivity contribution in [3.8, 4) is 6.07 Å². The summed E-state index contributed by atoms with van der Waals surface area (Å²) in [5.74, 6) is -0.320. The van der Waals surface area contributed by atoms with E-state index in [1.807, 2.05) is 27.7 Å². The smallest absolute Gasteiger partial charge is 0.319 e. The second kappa shape index (κ2) is 7.44. The molecule has 1 aliphatic heterocycles. The summed E-state index contributed by atoms with van der Waals surface area (Å²) in [6.45, 7) is 7.81. The van der Waals surface area contributed by atoms with Gasteiger partial charge in [0.1, 0.15) is 5.82 Å². The molecular formula is C16H20FN3O. The van der Waals surface area contributed by atoms with Gasteiger partial charge in [-0.25, -0.2) is 9.18 Å². The predicted octanol–water partition coefficient (Wildman–Crippen LogP) is 3.64. The molecule has 0 saturated heterocycles. The van der Waals surface area contributed by atoms with Crippen LogP contribution in [0.1, 0.15) is 39.3 Å². The van der Waals surface area contributed by atoms with E-state index >= 15 is 0 Å². The van der Waals surface area contributed by atoms with Crippen LogP contribution in [0.2, 0.25) is 0 Å². The summed E-state index contributed by atoms with van der Waals surface area (Å²) in [6, 6.07) is 7.01. The van der Waals surface area contributed by atoms with E-state index in [9.17, 15) is 14.4 Å². The normalized spacial score (nSPS) is 17.4. The number of nitrogens with one attached hydrogen (secondary N) is 2. The van der Waals surface area contributed by atoms with Gasteiger partial charge in [0.2, 0.25) is 0 Å². The Hall–Kier alpha value is -2.35. The number of halogens is 1. The lowest BCUT2D eigenvalue weighted by atomic mass is 9.92. The number of nitrogens with zero attached hydrogens (tertiary/aromatic N) is 1. The minimum Gasteiger partial charge on any atom is -0.326 e. The van der Waals surface area contributed by atoms with Crippen molar-refractivity contribution >= 4 is 6.03 Å². The number of allylic oxidation sites excluding steroid dienone is 1. The highest BCUT2D eigenvalue weighted by Crippen LogP contribution is 2.28. The average molecular weight is 289 g/mol. The van der Waals surface area contributed by atoms with E-state index in [-0.39, 0.29) is 17.8 Å². The van der Waals surface area contributed by atoms with Crippen LogP contribution in [0, 0.1) is 23.1 Å². The molecule has 1 unspecified atom stereocenters. The molecule has 2 amide bonds. The molecule has 0 spiro atoms. The standard InChI is InChI=1S/C14H14FN3O.C2H6/c1-8(2)12-11(7-16)13(18-14(19)17-12)9-3-5-10(15)6-4-9;1-2/h3-6,8,13H,1-2H3,(H2,17,18,19);1-2H3. The number of rotatable bonds is 2. The van der Waals surface area contributed by atoms with Crippen LogP contribution in [0.3, 0.4) is 0 Å². The molecule has 1 heterocycles. The zero-order chi connectivity index (χ0) is 16.0. The fraction of sp³-hybridized carbons (Fsp3) is 0.375. The van der Waals surface area contributed by atoms with Crippen molar-refractivity contribution < 1.29 is 9.18 Å². The Balaban J connectivity index is 0.00000106. The fourth-order valence-electron chi connectivity index (χ4n) is 2.07. The maximum atomic E-state index is 12.9. The van der Waals surface area contributed by atoms with Gasteiger partial charge in [-0.15, -0.1) is 0 Å². The Bertz CT molecular complexity index is 570. The van der Waals surface area contributed by atoms with E-state index in [2.05, 4.69) is 16.7 Å². The zero-order valence-electron chi connectivity index (χ0n) is 12.7. The highest BCUT2D eigenvalue weighted by Gasteiger charge is 2.29. The van der Waals surface area contributed by atoms with Crippen LogP contribution in [-0.4, -0.2) is 6.03 Å². The summed E-state index contributed by atoms with van der Waals surface area (Å²) in [5, 5.41) is 14.7. The first kappa shape index (κ1) is 16.7. The second-order valence-corrected chi connectivity index (χ2v) is 4.68. The van der Waals surface area contributed by atoms with E-state index < -0.39 is 6.04 Å². The minimum absolute atomic E-state index is 0.0312. The maximum Gasteiger partial charge on any atom is 0.319 e.